The van der Waals surface area contributed by atoms with Crippen LogP contribution in [0.4, 0.5) is 0 Å². The Hall–Kier alpha value is -2.08. The summed E-state index contributed by atoms with van der Waals surface area (Å²) in [6, 6.07) is 6.15. The maximum absolute atomic E-state index is 12.7. The van der Waals surface area contributed by atoms with Gasteiger partial charge in [0, 0.05) is 25.4 Å². The molecule has 0 aliphatic carbocycles. The molecule has 0 aromatic heterocycles. The minimum Gasteiger partial charge on any atom is -0.493 e. The average molecular weight is 413 g/mol. The maximum atomic E-state index is 12.7. The van der Waals surface area contributed by atoms with Gasteiger partial charge in [0.05, 0.1) is 32.7 Å². The number of benzene rings is 1. The summed E-state index contributed by atoms with van der Waals surface area (Å²) in [7, 11) is 0. The number of nitrogens with zero attached hydrogens (tertiary/aromatic N) is 2. The van der Waals surface area contributed by atoms with Crippen molar-refractivity contribution in [2.24, 2.45) is 5.92 Å². The number of carbonyl (C=O) groups excluding carboxylic acids is 2. The van der Waals surface area contributed by atoms with Gasteiger partial charge in [0.15, 0.2) is 0 Å². The van der Waals surface area contributed by atoms with E-state index in [-0.39, 0.29) is 11.5 Å². The summed E-state index contributed by atoms with van der Waals surface area (Å²) in [5.74, 6) is 1.88. The molecule has 1 aromatic rings. The quantitative estimate of drug-likeness (QED) is 0.763. The Balaban J connectivity index is 1.09. The van der Waals surface area contributed by atoms with Gasteiger partial charge in [-0.1, -0.05) is 12.1 Å². The number of carbonyl (C=O) groups is 2. The van der Waals surface area contributed by atoms with Crippen LogP contribution in [0.15, 0.2) is 18.2 Å². The van der Waals surface area contributed by atoms with Crippen LogP contribution in [-0.4, -0.2) is 66.6 Å². The molecule has 3 fully saturated rings. The van der Waals surface area contributed by atoms with E-state index in [0.29, 0.717) is 44.4 Å². The predicted molar refractivity (Wildman–Crippen MR) is 112 cm³/mol. The molecular weight excluding hydrogens is 380 g/mol. The van der Waals surface area contributed by atoms with Crippen LogP contribution in [-0.2, 0) is 27.2 Å². The van der Waals surface area contributed by atoms with Crippen LogP contribution in [0.2, 0.25) is 0 Å². The molecule has 1 aromatic carbocycles. The number of hydrogen-bond acceptors (Lipinski definition) is 4. The summed E-state index contributed by atoms with van der Waals surface area (Å²) < 4.78 is 11.9. The van der Waals surface area contributed by atoms with Crippen molar-refractivity contribution in [3.05, 3.63) is 29.3 Å². The molecule has 3 saturated heterocycles. The minimum absolute atomic E-state index is 0.151. The Morgan fingerprint density at radius 1 is 1.17 bits per heavy atom. The van der Waals surface area contributed by atoms with E-state index in [4.69, 9.17) is 9.47 Å². The van der Waals surface area contributed by atoms with Crippen LogP contribution in [0.3, 0.4) is 0 Å². The van der Waals surface area contributed by atoms with E-state index in [1.807, 2.05) is 21.9 Å². The number of aryl methyl sites for hydroxylation is 1. The summed E-state index contributed by atoms with van der Waals surface area (Å²) in [6.07, 6.45) is 7.44. The highest BCUT2D eigenvalue weighted by atomic mass is 16.5. The van der Waals surface area contributed by atoms with Crippen LogP contribution >= 0.6 is 0 Å². The highest BCUT2D eigenvalue weighted by Crippen LogP contribution is 2.37. The molecule has 1 spiro atoms. The molecule has 6 nitrogen and oxygen atoms in total. The number of piperidine rings is 1. The summed E-state index contributed by atoms with van der Waals surface area (Å²) in [5.41, 5.74) is 2.14. The molecule has 30 heavy (non-hydrogen) atoms. The van der Waals surface area contributed by atoms with Crippen LogP contribution in [0.5, 0.6) is 5.75 Å². The van der Waals surface area contributed by atoms with Gasteiger partial charge >= 0.3 is 0 Å². The van der Waals surface area contributed by atoms with Crippen LogP contribution in [0.1, 0.15) is 49.7 Å². The number of ether oxygens (including phenoxy) is 2. The van der Waals surface area contributed by atoms with Gasteiger partial charge in [0.1, 0.15) is 11.4 Å². The molecule has 6 heteroatoms. The second-order valence-corrected chi connectivity index (χ2v) is 9.52. The van der Waals surface area contributed by atoms with E-state index >= 15 is 0 Å². The van der Waals surface area contributed by atoms with Gasteiger partial charge in [-0.05, 0) is 55.7 Å². The number of fused-ring (bicyclic) bond motifs is 1. The van der Waals surface area contributed by atoms with Gasteiger partial charge in [-0.15, -0.1) is 0 Å². The van der Waals surface area contributed by atoms with Crippen molar-refractivity contribution in [2.45, 2.75) is 57.0 Å². The van der Waals surface area contributed by atoms with Crippen LogP contribution in [0, 0.1) is 5.92 Å². The van der Waals surface area contributed by atoms with Crippen molar-refractivity contribution in [2.75, 3.05) is 39.4 Å². The Morgan fingerprint density at radius 2 is 2.07 bits per heavy atom. The zero-order valence-electron chi connectivity index (χ0n) is 17.7. The fourth-order valence-corrected chi connectivity index (χ4v) is 5.31. The van der Waals surface area contributed by atoms with Crippen molar-refractivity contribution in [1.29, 1.82) is 0 Å². The molecule has 0 saturated carbocycles. The second kappa shape index (κ2) is 8.22. The number of rotatable bonds is 4. The van der Waals surface area contributed by atoms with E-state index in [9.17, 15) is 9.59 Å². The fourth-order valence-electron chi connectivity index (χ4n) is 5.31. The highest BCUT2D eigenvalue weighted by molar-refractivity contribution is 5.80. The summed E-state index contributed by atoms with van der Waals surface area (Å²) in [4.78, 5) is 28.7. The number of amides is 2. The van der Waals surface area contributed by atoms with E-state index in [1.165, 1.54) is 5.56 Å². The van der Waals surface area contributed by atoms with Crippen molar-refractivity contribution >= 4 is 11.8 Å². The third-order valence-corrected chi connectivity index (χ3v) is 7.17. The van der Waals surface area contributed by atoms with Gasteiger partial charge in [-0.3, -0.25) is 9.59 Å². The lowest BCUT2D eigenvalue weighted by atomic mass is 9.82. The SMILES string of the molecule is O=C1CCCCN1C[C@H]1CCC2(CN(C(=O)Cc3ccc4c(c3)CCCO4)C2)OC1. The van der Waals surface area contributed by atoms with E-state index in [2.05, 4.69) is 6.07 Å². The fraction of sp³-hybridized carbons (Fsp3) is 0.667. The molecule has 5 rings (SSSR count). The Labute approximate surface area is 178 Å². The minimum atomic E-state index is -0.151. The lowest BCUT2D eigenvalue weighted by Crippen LogP contribution is -2.66. The molecule has 162 valence electrons. The standard InChI is InChI=1S/C24H32N2O4/c27-22-5-1-2-10-25(22)14-19-8-9-24(30-15-19)16-26(17-24)23(28)13-18-6-7-21-20(12-18)4-3-11-29-21/h6-7,12,19H,1-5,8-11,13-17H2/t19-/m1/s1. The Morgan fingerprint density at radius 3 is 2.87 bits per heavy atom. The normalized spacial score (nSPS) is 25.5. The predicted octanol–water partition coefficient (Wildman–Crippen LogP) is 2.57. The molecule has 0 N–H and O–H groups in total. The summed E-state index contributed by atoms with van der Waals surface area (Å²) in [6.45, 7) is 4.63. The monoisotopic (exact) mass is 412 g/mol. The first-order valence-corrected chi connectivity index (χ1v) is 11.5. The summed E-state index contributed by atoms with van der Waals surface area (Å²) in [5, 5.41) is 0. The topological polar surface area (TPSA) is 59.1 Å². The first kappa shape index (κ1) is 19.9. The largest absolute Gasteiger partial charge is 0.493 e. The molecule has 0 radical (unpaired) electrons. The van der Waals surface area contributed by atoms with Crippen molar-refractivity contribution in [3.8, 4) is 5.75 Å². The highest BCUT2D eigenvalue weighted by Gasteiger charge is 2.48. The molecule has 2 amide bonds. The second-order valence-electron chi connectivity index (χ2n) is 9.52. The smallest absolute Gasteiger partial charge is 0.227 e. The molecule has 0 unspecified atom stereocenters. The van der Waals surface area contributed by atoms with E-state index < -0.39 is 0 Å². The first-order valence-electron chi connectivity index (χ1n) is 11.5. The molecule has 4 aliphatic rings. The van der Waals surface area contributed by atoms with Gasteiger partial charge in [0.2, 0.25) is 11.8 Å². The zero-order chi connectivity index (χ0) is 20.6. The summed E-state index contributed by atoms with van der Waals surface area (Å²) >= 11 is 0. The first-order chi connectivity index (χ1) is 14.6. The van der Waals surface area contributed by atoms with Gasteiger partial charge in [-0.2, -0.15) is 0 Å². The van der Waals surface area contributed by atoms with Crippen LogP contribution < -0.4 is 4.74 Å². The van der Waals surface area contributed by atoms with Gasteiger partial charge < -0.3 is 19.3 Å². The Kier molecular flexibility index (Phi) is 5.44. The molecule has 4 aliphatic heterocycles. The number of hydrogen-bond donors (Lipinski definition) is 0. The third-order valence-electron chi connectivity index (χ3n) is 7.17. The number of likely N-dealkylation sites (tertiary alicyclic amines) is 2. The maximum Gasteiger partial charge on any atom is 0.227 e. The van der Waals surface area contributed by atoms with Crippen molar-refractivity contribution < 1.29 is 19.1 Å². The molecule has 4 heterocycles. The van der Waals surface area contributed by atoms with Crippen LogP contribution in [0.25, 0.3) is 0 Å². The van der Waals surface area contributed by atoms with E-state index in [1.54, 1.807) is 0 Å². The lowest BCUT2D eigenvalue weighted by Gasteiger charge is -2.53. The molecule has 1 atom stereocenters. The lowest BCUT2D eigenvalue weighted by molar-refractivity contribution is -0.189. The third kappa shape index (κ3) is 4.07. The average Bonchev–Trinajstić information content (AvgIpc) is 2.74. The zero-order valence-corrected chi connectivity index (χ0v) is 17.7. The Bertz CT molecular complexity index is 807. The molecular formula is C24H32N2O4. The van der Waals surface area contributed by atoms with Crippen molar-refractivity contribution in [1.82, 2.24) is 9.80 Å². The molecule has 0 bridgehead atoms. The van der Waals surface area contributed by atoms with Gasteiger partial charge in [0.25, 0.3) is 0 Å². The van der Waals surface area contributed by atoms with E-state index in [0.717, 1.165) is 69.5 Å². The van der Waals surface area contributed by atoms with Crippen molar-refractivity contribution in [3.63, 3.8) is 0 Å². The van der Waals surface area contributed by atoms with Gasteiger partial charge in [-0.25, -0.2) is 0 Å².